The Kier molecular flexibility index (Phi) is 5.30. The average molecular weight is 366 g/mol. The predicted molar refractivity (Wildman–Crippen MR) is 104 cm³/mol. The van der Waals surface area contributed by atoms with Crippen LogP contribution in [0.15, 0.2) is 48.5 Å². The van der Waals surface area contributed by atoms with Crippen LogP contribution < -0.4 is 20.1 Å². The highest BCUT2D eigenvalue weighted by Crippen LogP contribution is 2.36. The molecule has 4 rings (SSSR count). The predicted octanol–water partition coefficient (Wildman–Crippen LogP) is 2.82. The van der Waals surface area contributed by atoms with Gasteiger partial charge in [0.1, 0.15) is 11.5 Å². The molecule has 2 aromatic rings. The molecule has 2 heterocycles. The van der Waals surface area contributed by atoms with E-state index < -0.39 is 0 Å². The Morgan fingerprint density at radius 2 is 2.04 bits per heavy atom. The Labute approximate surface area is 160 Å². The number of rotatable bonds is 4. The Balaban J connectivity index is 1.52. The molecule has 1 saturated heterocycles. The number of carbonyl (C=O) groups is 1. The highest BCUT2D eigenvalue weighted by Gasteiger charge is 2.33. The number of hydrogen-bond acceptors (Lipinski definition) is 4. The van der Waals surface area contributed by atoms with Crippen molar-refractivity contribution in [2.75, 3.05) is 26.8 Å². The van der Waals surface area contributed by atoms with Crippen LogP contribution in [0.1, 0.15) is 35.8 Å². The van der Waals surface area contributed by atoms with Gasteiger partial charge in [-0.3, -0.25) is 4.79 Å². The quantitative estimate of drug-likeness (QED) is 0.874. The molecule has 3 unspecified atom stereocenters. The summed E-state index contributed by atoms with van der Waals surface area (Å²) in [4.78, 5) is 13.1. The number of carbonyl (C=O) groups excluding carboxylic acids is 1. The lowest BCUT2D eigenvalue weighted by Gasteiger charge is -2.35. The van der Waals surface area contributed by atoms with Crippen LogP contribution in [0.3, 0.4) is 0 Å². The van der Waals surface area contributed by atoms with E-state index >= 15 is 0 Å². The zero-order valence-electron chi connectivity index (χ0n) is 15.6. The summed E-state index contributed by atoms with van der Waals surface area (Å²) in [6, 6.07) is 16.3. The zero-order chi connectivity index (χ0) is 18.6. The fourth-order valence-electron chi connectivity index (χ4n) is 4.13. The Hall–Kier alpha value is -2.53. The van der Waals surface area contributed by atoms with Gasteiger partial charge in [0.2, 0.25) is 5.91 Å². The van der Waals surface area contributed by atoms with Crippen molar-refractivity contribution in [2.24, 2.45) is 0 Å². The first-order valence-electron chi connectivity index (χ1n) is 9.63. The van der Waals surface area contributed by atoms with Gasteiger partial charge in [-0.15, -0.1) is 0 Å². The second-order valence-corrected chi connectivity index (χ2v) is 7.22. The number of fused-ring (bicyclic) bond motifs is 1. The third kappa shape index (κ3) is 3.78. The number of benzene rings is 2. The van der Waals surface area contributed by atoms with Crippen LogP contribution in [0.4, 0.5) is 0 Å². The van der Waals surface area contributed by atoms with Gasteiger partial charge in [0.25, 0.3) is 0 Å². The van der Waals surface area contributed by atoms with Crippen LogP contribution in [-0.2, 0) is 4.79 Å². The molecule has 27 heavy (non-hydrogen) atoms. The third-order valence-corrected chi connectivity index (χ3v) is 5.61. The minimum atomic E-state index is -0.175. The summed E-state index contributed by atoms with van der Waals surface area (Å²) >= 11 is 0. The van der Waals surface area contributed by atoms with Gasteiger partial charge in [0.05, 0.1) is 19.6 Å². The molecule has 2 N–H and O–H groups in total. The summed E-state index contributed by atoms with van der Waals surface area (Å²) in [5.74, 6) is 1.71. The van der Waals surface area contributed by atoms with Gasteiger partial charge >= 0.3 is 0 Å². The summed E-state index contributed by atoms with van der Waals surface area (Å²) in [6.07, 6.45) is 1.64. The molecule has 0 bridgehead atoms. The highest BCUT2D eigenvalue weighted by atomic mass is 16.5. The number of methoxy groups -OCH3 is 1. The summed E-state index contributed by atoms with van der Waals surface area (Å²) in [5.41, 5.74) is 2.22. The molecule has 1 fully saturated rings. The molecule has 1 amide bonds. The summed E-state index contributed by atoms with van der Waals surface area (Å²) in [6.45, 7) is 2.36. The number of hydrogen-bond donors (Lipinski definition) is 2. The summed E-state index contributed by atoms with van der Waals surface area (Å²) in [5, 5.41) is 6.80. The smallest absolute Gasteiger partial charge is 0.228 e. The molecule has 0 aliphatic carbocycles. The van der Waals surface area contributed by atoms with E-state index in [1.165, 1.54) is 5.56 Å². The maximum atomic E-state index is 13.1. The molecule has 2 aromatic carbocycles. The van der Waals surface area contributed by atoms with E-state index in [9.17, 15) is 4.79 Å². The maximum Gasteiger partial charge on any atom is 0.228 e. The van der Waals surface area contributed by atoms with Gasteiger partial charge in [-0.05, 0) is 31.0 Å². The van der Waals surface area contributed by atoms with Crippen LogP contribution in [0.25, 0.3) is 0 Å². The molecule has 3 atom stereocenters. The van der Waals surface area contributed by atoms with Gasteiger partial charge in [0, 0.05) is 30.1 Å². The topological polar surface area (TPSA) is 59.6 Å². The molecule has 5 nitrogen and oxygen atoms in total. The number of ether oxygens (including phenoxy) is 2. The molecule has 0 saturated carbocycles. The van der Waals surface area contributed by atoms with Crippen LogP contribution in [-0.4, -0.2) is 38.8 Å². The van der Waals surface area contributed by atoms with Crippen LogP contribution in [0.5, 0.6) is 11.5 Å². The van der Waals surface area contributed by atoms with Crippen LogP contribution in [0.2, 0.25) is 0 Å². The van der Waals surface area contributed by atoms with Crippen molar-refractivity contribution < 1.29 is 14.3 Å². The van der Waals surface area contributed by atoms with E-state index in [-0.39, 0.29) is 17.9 Å². The summed E-state index contributed by atoms with van der Waals surface area (Å²) < 4.78 is 11.0. The minimum Gasteiger partial charge on any atom is -0.497 e. The first-order valence-corrected chi connectivity index (χ1v) is 9.63. The molecule has 0 aromatic heterocycles. The fourth-order valence-corrected chi connectivity index (χ4v) is 4.13. The molecular formula is C22H26N2O3. The van der Waals surface area contributed by atoms with Crippen molar-refractivity contribution in [3.8, 4) is 11.5 Å². The first kappa shape index (κ1) is 17.9. The van der Waals surface area contributed by atoms with Crippen molar-refractivity contribution in [1.82, 2.24) is 10.6 Å². The van der Waals surface area contributed by atoms with E-state index in [1.54, 1.807) is 7.11 Å². The standard InChI is InChI=1S/C22H26N2O3/c1-26-16-7-8-17-18(10-12-27-21(17)13-16)22(25)24-20-9-11-23-14-19(20)15-5-3-2-4-6-15/h2-8,13,18-20,23H,9-12,14H2,1H3,(H,24,25). The SMILES string of the molecule is COc1ccc2c(c1)OCCC2C(=O)NC1CCNCC1c1ccccc1. The normalized spacial score (nSPS) is 24.4. The van der Waals surface area contributed by atoms with E-state index in [4.69, 9.17) is 9.47 Å². The average Bonchev–Trinajstić information content (AvgIpc) is 2.73. The van der Waals surface area contributed by atoms with Gasteiger partial charge in [0.15, 0.2) is 0 Å². The molecule has 0 spiro atoms. The lowest BCUT2D eigenvalue weighted by atomic mass is 9.85. The van der Waals surface area contributed by atoms with Crippen molar-refractivity contribution in [3.63, 3.8) is 0 Å². The van der Waals surface area contributed by atoms with Gasteiger partial charge < -0.3 is 20.1 Å². The first-order chi connectivity index (χ1) is 13.3. The number of amides is 1. The van der Waals surface area contributed by atoms with E-state index in [0.717, 1.165) is 36.6 Å². The molecular weight excluding hydrogens is 340 g/mol. The van der Waals surface area contributed by atoms with Gasteiger partial charge in [-0.2, -0.15) is 0 Å². The van der Waals surface area contributed by atoms with Gasteiger partial charge in [-0.25, -0.2) is 0 Å². The minimum absolute atomic E-state index is 0.0950. The van der Waals surface area contributed by atoms with Crippen LogP contribution in [0, 0.1) is 0 Å². The lowest BCUT2D eigenvalue weighted by Crippen LogP contribution is -2.49. The van der Waals surface area contributed by atoms with Crippen molar-refractivity contribution in [1.29, 1.82) is 0 Å². The van der Waals surface area contributed by atoms with Crippen molar-refractivity contribution in [2.45, 2.75) is 30.7 Å². The molecule has 0 radical (unpaired) electrons. The molecule has 2 aliphatic heterocycles. The van der Waals surface area contributed by atoms with Crippen molar-refractivity contribution >= 4 is 5.91 Å². The van der Waals surface area contributed by atoms with E-state index in [0.29, 0.717) is 18.9 Å². The second-order valence-electron chi connectivity index (χ2n) is 7.22. The Morgan fingerprint density at radius 1 is 1.19 bits per heavy atom. The Bertz CT molecular complexity index is 793. The molecule has 5 heteroatoms. The second kappa shape index (κ2) is 8.01. The lowest BCUT2D eigenvalue weighted by molar-refractivity contribution is -0.124. The largest absolute Gasteiger partial charge is 0.497 e. The highest BCUT2D eigenvalue weighted by molar-refractivity contribution is 5.85. The van der Waals surface area contributed by atoms with Crippen LogP contribution >= 0.6 is 0 Å². The van der Waals surface area contributed by atoms with Gasteiger partial charge in [-0.1, -0.05) is 36.4 Å². The number of nitrogens with one attached hydrogen (secondary N) is 2. The van der Waals surface area contributed by atoms with E-state index in [1.807, 2.05) is 24.3 Å². The third-order valence-electron chi connectivity index (χ3n) is 5.61. The van der Waals surface area contributed by atoms with Crippen molar-refractivity contribution in [3.05, 3.63) is 59.7 Å². The zero-order valence-corrected chi connectivity index (χ0v) is 15.6. The molecule has 2 aliphatic rings. The van der Waals surface area contributed by atoms with E-state index in [2.05, 4.69) is 34.9 Å². The monoisotopic (exact) mass is 366 g/mol. The number of piperidine rings is 1. The fraction of sp³-hybridized carbons (Fsp3) is 0.409. The molecule has 142 valence electrons. The summed E-state index contributed by atoms with van der Waals surface area (Å²) in [7, 11) is 1.63. The Morgan fingerprint density at radius 3 is 2.85 bits per heavy atom. The maximum absolute atomic E-state index is 13.1.